The van der Waals surface area contributed by atoms with Gasteiger partial charge in [-0.25, -0.2) is 4.68 Å². The Kier molecular flexibility index (Phi) is 3.89. The fourth-order valence-corrected chi connectivity index (χ4v) is 3.07. The highest BCUT2D eigenvalue weighted by molar-refractivity contribution is 6.06. The summed E-state index contributed by atoms with van der Waals surface area (Å²) < 4.78 is 1.67. The Morgan fingerprint density at radius 2 is 1.88 bits per heavy atom. The molecule has 0 radical (unpaired) electrons. The third kappa shape index (κ3) is 2.79. The number of benzene rings is 2. The largest absolute Gasteiger partial charge is 0.508 e. The minimum atomic E-state index is -0.446. The van der Waals surface area contributed by atoms with Crippen molar-refractivity contribution >= 4 is 17.5 Å². The standard InChI is InChI=1S/C19H17N5O2/c1-12-16(18(26)23-14-5-3-2-4-6-14)17(13-7-9-15(25)10-8-13)24-19(22-12)20-11-21-24/h2-11,17,25H,1H3,(H,23,26)(H,20,21,22)/t17-/m0/s1. The number of fused-ring (bicyclic) bond motifs is 1. The maximum atomic E-state index is 13.0. The highest BCUT2D eigenvalue weighted by atomic mass is 16.3. The van der Waals surface area contributed by atoms with Crippen molar-refractivity contribution in [2.24, 2.45) is 0 Å². The molecule has 0 saturated heterocycles. The average Bonchev–Trinajstić information content (AvgIpc) is 3.10. The number of anilines is 2. The van der Waals surface area contributed by atoms with Gasteiger partial charge in [0.2, 0.25) is 5.95 Å². The van der Waals surface area contributed by atoms with Gasteiger partial charge in [-0.05, 0) is 36.8 Å². The van der Waals surface area contributed by atoms with Crippen molar-refractivity contribution in [1.29, 1.82) is 0 Å². The van der Waals surface area contributed by atoms with E-state index >= 15 is 0 Å². The van der Waals surface area contributed by atoms with Crippen LogP contribution in [-0.2, 0) is 4.79 Å². The first-order valence-electron chi connectivity index (χ1n) is 8.16. The van der Waals surface area contributed by atoms with Crippen LogP contribution in [0.2, 0.25) is 0 Å². The third-order valence-corrected chi connectivity index (χ3v) is 4.28. The molecule has 7 nitrogen and oxygen atoms in total. The SMILES string of the molecule is CC1=C(C(=O)Nc2ccccc2)[C@H](c2ccc(O)cc2)n2ncnc2N1. The molecule has 1 aromatic heterocycles. The Morgan fingerprint density at radius 3 is 2.62 bits per heavy atom. The van der Waals surface area contributed by atoms with Crippen LogP contribution in [0.15, 0.2) is 72.2 Å². The van der Waals surface area contributed by atoms with E-state index in [1.165, 1.54) is 6.33 Å². The number of nitrogens with one attached hydrogen (secondary N) is 2. The van der Waals surface area contributed by atoms with Crippen molar-refractivity contribution in [3.05, 3.63) is 77.8 Å². The summed E-state index contributed by atoms with van der Waals surface area (Å²) in [5, 5.41) is 19.9. The topological polar surface area (TPSA) is 92.1 Å². The number of carbonyl (C=O) groups is 1. The molecule has 1 atom stereocenters. The number of allylic oxidation sites excluding steroid dienone is 1. The number of aromatic hydroxyl groups is 1. The molecule has 2 aromatic carbocycles. The summed E-state index contributed by atoms with van der Waals surface area (Å²) in [4.78, 5) is 17.2. The number of aromatic nitrogens is 3. The van der Waals surface area contributed by atoms with Crippen LogP contribution in [0.5, 0.6) is 5.75 Å². The molecule has 1 aliphatic heterocycles. The van der Waals surface area contributed by atoms with Gasteiger partial charge in [0.05, 0.1) is 5.57 Å². The number of hydrogen-bond acceptors (Lipinski definition) is 5. The summed E-state index contributed by atoms with van der Waals surface area (Å²) in [6.45, 7) is 1.84. The normalized spacial score (nSPS) is 16.0. The smallest absolute Gasteiger partial charge is 0.255 e. The van der Waals surface area contributed by atoms with Gasteiger partial charge in [0.15, 0.2) is 0 Å². The van der Waals surface area contributed by atoms with Gasteiger partial charge in [-0.3, -0.25) is 4.79 Å². The second-order valence-electron chi connectivity index (χ2n) is 6.01. The van der Waals surface area contributed by atoms with Gasteiger partial charge in [-0.15, -0.1) is 0 Å². The van der Waals surface area contributed by atoms with E-state index in [4.69, 9.17) is 0 Å². The zero-order valence-electron chi connectivity index (χ0n) is 14.0. The first kappa shape index (κ1) is 15.9. The number of nitrogens with zero attached hydrogens (tertiary/aromatic N) is 3. The molecule has 1 aliphatic rings. The summed E-state index contributed by atoms with van der Waals surface area (Å²) in [6.07, 6.45) is 1.45. The Labute approximate surface area is 150 Å². The van der Waals surface area contributed by atoms with Crippen LogP contribution in [0.4, 0.5) is 11.6 Å². The van der Waals surface area contributed by atoms with Crippen LogP contribution >= 0.6 is 0 Å². The van der Waals surface area contributed by atoms with Crippen LogP contribution in [0.25, 0.3) is 0 Å². The summed E-state index contributed by atoms with van der Waals surface area (Å²) in [7, 11) is 0. The van der Waals surface area contributed by atoms with Gasteiger partial charge in [0, 0.05) is 11.4 Å². The molecule has 0 fully saturated rings. The molecular formula is C19H17N5O2. The lowest BCUT2D eigenvalue weighted by atomic mass is 9.95. The number of para-hydroxylation sites is 1. The summed E-state index contributed by atoms with van der Waals surface area (Å²) >= 11 is 0. The highest BCUT2D eigenvalue weighted by Gasteiger charge is 2.33. The number of amides is 1. The predicted molar refractivity (Wildman–Crippen MR) is 97.7 cm³/mol. The molecule has 0 unspecified atom stereocenters. The molecular weight excluding hydrogens is 330 g/mol. The Hall–Kier alpha value is -3.61. The monoisotopic (exact) mass is 347 g/mol. The Balaban J connectivity index is 1.77. The van der Waals surface area contributed by atoms with E-state index in [1.807, 2.05) is 37.3 Å². The molecule has 26 heavy (non-hydrogen) atoms. The molecule has 1 amide bonds. The number of hydrogen-bond donors (Lipinski definition) is 3. The molecule has 0 spiro atoms. The van der Waals surface area contributed by atoms with Crippen molar-refractivity contribution in [3.63, 3.8) is 0 Å². The van der Waals surface area contributed by atoms with E-state index in [2.05, 4.69) is 20.7 Å². The lowest BCUT2D eigenvalue weighted by Gasteiger charge is -2.28. The minimum absolute atomic E-state index is 0.164. The molecule has 4 rings (SSSR count). The third-order valence-electron chi connectivity index (χ3n) is 4.28. The van der Waals surface area contributed by atoms with Gasteiger partial charge >= 0.3 is 0 Å². The quantitative estimate of drug-likeness (QED) is 0.677. The van der Waals surface area contributed by atoms with Crippen LogP contribution in [0, 0.1) is 0 Å². The van der Waals surface area contributed by atoms with Crippen LogP contribution in [0.1, 0.15) is 18.5 Å². The Bertz CT molecular complexity index is 977. The molecule has 0 saturated carbocycles. The fraction of sp³-hybridized carbons (Fsp3) is 0.105. The molecule has 0 bridgehead atoms. The molecule has 7 heteroatoms. The zero-order chi connectivity index (χ0) is 18.1. The number of rotatable bonds is 3. The number of phenols is 1. The van der Waals surface area contributed by atoms with E-state index < -0.39 is 6.04 Å². The summed E-state index contributed by atoms with van der Waals surface area (Å²) in [5.74, 6) is 0.509. The minimum Gasteiger partial charge on any atom is -0.508 e. The van der Waals surface area contributed by atoms with Gasteiger partial charge < -0.3 is 15.7 Å². The van der Waals surface area contributed by atoms with Crippen molar-refractivity contribution in [3.8, 4) is 5.75 Å². The lowest BCUT2D eigenvalue weighted by molar-refractivity contribution is -0.113. The maximum absolute atomic E-state index is 13.0. The van der Waals surface area contributed by atoms with Gasteiger partial charge in [-0.1, -0.05) is 30.3 Å². The van der Waals surface area contributed by atoms with E-state index in [0.29, 0.717) is 22.9 Å². The van der Waals surface area contributed by atoms with E-state index in [0.717, 1.165) is 5.56 Å². The number of carbonyl (C=O) groups excluding carboxylic acids is 1. The average molecular weight is 347 g/mol. The van der Waals surface area contributed by atoms with E-state index in [1.54, 1.807) is 28.9 Å². The predicted octanol–water partition coefficient (Wildman–Crippen LogP) is 2.91. The number of phenolic OH excluding ortho intramolecular Hbond substituents is 1. The summed E-state index contributed by atoms with van der Waals surface area (Å²) in [6, 6.07) is 15.6. The molecule has 130 valence electrons. The molecule has 3 N–H and O–H groups in total. The van der Waals surface area contributed by atoms with Crippen molar-refractivity contribution < 1.29 is 9.90 Å². The van der Waals surface area contributed by atoms with E-state index in [9.17, 15) is 9.90 Å². The second-order valence-corrected chi connectivity index (χ2v) is 6.01. The summed E-state index contributed by atoms with van der Waals surface area (Å²) in [5.41, 5.74) is 2.79. The lowest BCUT2D eigenvalue weighted by Crippen LogP contribution is -2.31. The van der Waals surface area contributed by atoms with Gasteiger partial charge in [-0.2, -0.15) is 10.1 Å². The zero-order valence-corrected chi connectivity index (χ0v) is 14.0. The molecule has 0 aliphatic carbocycles. The second kappa shape index (κ2) is 6.36. The first-order chi connectivity index (χ1) is 12.6. The van der Waals surface area contributed by atoms with Crippen molar-refractivity contribution in [2.45, 2.75) is 13.0 Å². The highest BCUT2D eigenvalue weighted by Crippen LogP contribution is 2.35. The van der Waals surface area contributed by atoms with Crippen LogP contribution in [-0.4, -0.2) is 25.8 Å². The van der Waals surface area contributed by atoms with Crippen LogP contribution < -0.4 is 10.6 Å². The van der Waals surface area contributed by atoms with Crippen molar-refractivity contribution in [1.82, 2.24) is 14.8 Å². The van der Waals surface area contributed by atoms with Crippen LogP contribution in [0.3, 0.4) is 0 Å². The van der Waals surface area contributed by atoms with Gasteiger partial charge in [0.1, 0.15) is 18.1 Å². The fourth-order valence-electron chi connectivity index (χ4n) is 3.07. The van der Waals surface area contributed by atoms with Crippen molar-refractivity contribution in [2.75, 3.05) is 10.6 Å². The maximum Gasteiger partial charge on any atom is 0.255 e. The molecule has 2 heterocycles. The first-order valence-corrected chi connectivity index (χ1v) is 8.16. The van der Waals surface area contributed by atoms with E-state index in [-0.39, 0.29) is 11.7 Å². The molecule has 3 aromatic rings. The van der Waals surface area contributed by atoms with Gasteiger partial charge in [0.25, 0.3) is 5.91 Å². The Morgan fingerprint density at radius 1 is 1.15 bits per heavy atom.